The van der Waals surface area contributed by atoms with Crippen molar-refractivity contribution >= 4 is 6.03 Å². The summed E-state index contributed by atoms with van der Waals surface area (Å²) in [4.78, 5) is 19.6. The predicted octanol–water partition coefficient (Wildman–Crippen LogP) is 1.59. The van der Waals surface area contributed by atoms with Gasteiger partial charge >= 0.3 is 6.03 Å². The number of nitrogens with one attached hydrogen (secondary N) is 2. The number of amides is 2. The summed E-state index contributed by atoms with van der Waals surface area (Å²) in [7, 11) is 0. The highest BCUT2D eigenvalue weighted by Crippen LogP contribution is 2.35. The molecule has 0 radical (unpaired) electrons. The van der Waals surface area contributed by atoms with Crippen molar-refractivity contribution in [2.45, 2.75) is 25.8 Å². The van der Waals surface area contributed by atoms with Crippen molar-refractivity contribution in [1.82, 2.24) is 25.3 Å². The maximum atomic E-state index is 12.6. The van der Waals surface area contributed by atoms with Crippen molar-refractivity contribution in [1.29, 1.82) is 0 Å². The van der Waals surface area contributed by atoms with Crippen LogP contribution in [0.4, 0.5) is 4.79 Å². The van der Waals surface area contributed by atoms with Gasteiger partial charge < -0.3 is 15.5 Å². The van der Waals surface area contributed by atoms with E-state index in [4.69, 9.17) is 0 Å². The average molecular weight is 386 g/mol. The second-order valence-corrected chi connectivity index (χ2v) is 8.79. The highest BCUT2D eigenvalue weighted by molar-refractivity contribution is 5.74. The topological polar surface area (TPSA) is 50.9 Å². The van der Waals surface area contributed by atoms with E-state index in [0.717, 1.165) is 78.4 Å². The van der Waals surface area contributed by atoms with E-state index in [1.165, 1.54) is 18.4 Å². The molecule has 154 valence electrons. The first-order valence-electron chi connectivity index (χ1n) is 10.9. The van der Waals surface area contributed by atoms with Gasteiger partial charge in [-0.25, -0.2) is 4.79 Å². The summed E-state index contributed by atoms with van der Waals surface area (Å²) in [6, 6.07) is 10.8. The number of benzene rings is 1. The molecule has 4 rings (SSSR count). The van der Waals surface area contributed by atoms with Gasteiger partial charge in [-0.3, -0.25) is 9.80 Å². The van der Waals surface area contributed by atoms with Crippen LogP contribution in [0.2, 0.25) is 0 Å². The minimum absolute atomic E-state index is 0.133. The number of piperazine rings is 1. The molecule has 1 aromatic rings. The van der Waals surface area contributed by atoms with Crippen molar-refractivity contribution in [2.75, 3.05) is 65.4 Å². The van der Waals surface area contributed by atoms with Gasteiger partial charge in [0.15, 0.2) is 0 Å². The van der Waals surface area contributed by atoms with Gasteiger partial charge in [0.1, 0.15) is 0 Å². The minimum Gasteiger partial charge on any atom is -0.337 e. The number of nitrogens with zero attached hydrogens (tertiary/aromatic N) is 3. The van der Waals surface area contributed by atoms with Crippen molar-refractivity contribution in [2.24, 2.45) is 5.41 Å². The van der Waals surface area contributed by atoms with Crippen LogP contribution in [0.25, 0.3) is 0 Å². The fourth-order valence-electron chi connectivity index (χ4n) is 4.97. The molecule has 3 saturated heterocycles. The first kappa shape index (κ1) is 19.7. The molecule has 3 fully saturated rings. The van der Waals surface area contributed by atoms with Crippen molar-refractivity contribution in [3.63, 3.8) is 0 Å². The maximum absolute atomic E-state index is 12.6. The first-order chi connectivity index (χ1) is 13.7. The van der Waals surface area contributed by atoms with Gasteiger partial charge in [0.2, 0.25) is 0 Å². The molecular formula is C22H35N5O. The number of carbonyl (C=O) groups excluding carboxylic acids is 1. The molecule has 28 heavy (non-hydrogen) atoms. The van der Waals surface area contributed by atoms with E-state index in [1.807, 2.05) is 4.90 Å². The molecule has 1 spiro atoms. The standard InChI is InChI=1S/C22H35N5O/c28-21(27-11-4-7-22(19-27)8-9-23-18-22)24-10-12-25-13-15-26(16-14-25)17-20-5-2-1-3-6-20/h1-3,5-6,23H,4,7-19H2,(H,24,28)/t22-/m0/s1. The van der Waals surface area contributed by atoms with Crippen LogP contribution >= 0.6 is 0 Å². The lowest BCUT2D eigenvalue weighted by molar-refractivity contribution is 0.113. The zero-order chi connectivity index (χ0) is 19.2. The lowest BCUT2D eigenvalue weighted by atomic mass is 9.79. The Morgan fingerprint density at radius 2 is 1.82 bits per heavy atom. The number of hydrogen-bond acceptors (Lipinski definition) is 4. The van der Waals surface area contributed by atoms with Gasteiger partial charge in [-0.1, -0.05) is 30.3 Å². The Kier molecular flexibility index (Phi) is 6.50. The molecule has 1 atom stereocenters. The lowest BCUT2D eigenvalue weighted by Gasteiger charge is -2.40. The molecule has 3 heterocycles. The van der Waals surface area contributed by atoms with Crippen LogP contribution in [0.1, 0.15) is 24.8 Å². The van der Waals surface area contributed by atoms with E-state index >= 15 is 0 Å². The summed E-state index contributed by atoms with van der Waals surface area (Å²) in [6.45, 7) is 11.1. The summed E-state index contributed by atoms with van der Waals surface area (Å²) in [5, 5.41) is 6.65. The van der Waals surface area contributed by atoms with Crippen molar-refractivity contribution in [3.8, 4) is 0 Å². The number of carbonyl (C=O) groups is 1. The summed E-state index contributed by atoms with van der Waals surface area (Å²) in [6.07, 6.45) is 3.61. The number of likely N-dealkylation sites (tertiary alicyclic amines) is 1. The molecule has 0 aromatic heterocycles. The Morgan fingerprint density at radius 3 is 2.57 bits per heavy atom. The van der Waals surface area contributed by atoms with Gasteiger partial charge in [0.25, 0.3) is 0 Å². The Labute approximate surface area is 169 Å². The Bertz CT molecular complexity index is 623. The quantitative estimate of drug-likeness (QED) is 0.808. The molecule has 2 N–H and O–H groups in total. The van der Waals surface area contributed by atoms with Crippen LogP contribution in [0.3, 0.4) is 0 Å². The maximum Gasteiger partial charge on any atom is 0.317 e. The van der Waals surface area contributed by atoms with E-state index in [-0.39, 0.29) is 6.03 Å². The van der Waals surface area contributed by atoms with Crippen LogP contribution in [-0.2, 0) is 6.54 Å². The van der Waals surface area contributed by atoms with Crippen LogP contribution in [0.5, 0.6) is 0 Å². The average Bonchev–Trinajstić information content (AvgIpc) is 3.17. The molecule has 2 amide bonds. The molecule has 0 bridgehead atoms. The number of piperidine rings is 1. The van der Waals surface area contributed by atoms with Gasteiger partial charge in [-0.2, -0.15) is 0 Å². The third kappa shape index (κ3) is 5.04. The van der Waals surface area contributed by atoms with Crippen molar-refractivity contribution in [3.05, 3.63) is 35.9 Å². The Balaban J connectivity index is 1.13. The second-order valence-electron chi connectivity index (χ2n) is 8.79. The summed E-state index contributed by atoms with van der Waals surface area (Å²) in [5.74, 6) is 0. The van der Waals surface area contributed by atoms with Gasteiger partial charge in [0.05, 0.1) is 0 Å². The smallest absolute Gasteiger partial charge is 0.317 e. The van der Waals surface area contributed by atoms with E-state index in [2.05, 4.69) is 50.8 Å². The Morgan fingerprint density at radius 1 is 1.04 bits per heavy atom. The number of urea groups is 1. The number of hydrogen-bond donors (Lipinski definition) is 2. The van der Waals surface area contributed by atoms with E-state index in [0.29, 0.717) is 5.41 Å². The molecule has 6 heteroatoms. The molecule has 0 saturated carbocycles. The highest BCUT2D eigenvalue weighted by Gasteiger charge is 2.39. The summed E-state index contributed by atoms with van der Waals surface area (Å²) < 4.78 is 0. The molecular weight excluding hydrogens is 350 g/mol. The minimum atomic E-state index is 0.133. The summed E-state index contributed by atoms with van der Waals surface area (Å²) >= 11 is 0. The Hall–Kier alpha value is -1.63. The van der Waals surface area contributed by atoms with Crippen LogP contribution in [0, 0.1) is 5.41 Å². The molecule has 1 aromatic carbocycles. The van der Waals surface area contributed by atoms with Crippen LogP contribution < -0.4 is 10.6 Å². The fraction of sp³-hybridized carbons (Fsp3) is 0.682. The van der Waals surface area contributed by atoms with Crippen LogP contribution in [-0.4, -0.2) is 86.2 Å². The largest absolute Gasteiger partial charge is 0.337 e. The molecule has 3 aliphatic rings. The van der Waals surface area contributed by atoms with Crippen molar-refractivity contribution < 1.29 is 4.79 Å². The predicted molar refractivity (Wildman–Crippen MR) is 112 cm³/mol. The summed E-state index contributed by atoms with van der Waals surface area (Å²) in [5.41, 5.74) is 1.73. The number of rotatable bonds is 5. The zero-order valence-electron chi connectivity index (χ0n) is 17.0. The molecule has 0 unspecified atom stereocenters. The third-order valence-corrected chi connectivity index (χ3v) is 6.70. The normalized spacial score (nSPS) is 26.6. The first-order valence-corrected chi connectivity index (χ1v) is 10.9. The van der Waals surface area contributed by atoms with E-state index < -0.39 is 0 Å². The van der Waals surface area contributed by atoms with E-state index in [9.17, 15) is 4.79 Å². The monoisotopic (exact) mass is 385 g/mol. The molecule has 3 aliphatic heterocycles. The van der Waals surface area contributed by atoms with Crippen LogP contribution in [0.15, 0.2) is 30.3 Å². The molecule has 6 nitrogen and oxygen atoms in total. The van der Waals surface area contributed by atoms with Gasteiger partial charge in [-0.15, -0.1) is 0 Å². The van der Waals surface area contributed by atoms with E-state index in [1.54, 1.807) is 0 Å². The second kappa shape index (κ2) is 9.25. The van der Waals surface area contributed by atoms with Gasteiger partial charge in [-0.05, 0) is 31.4 Å². The SMILES string of the molecule is O=C(NCCN1CCN(Cc2ccccc2)CC1)N1CCC[C@@]2(CCNC2)C1. The lowest BCUT2D eigenvalue weighted by Crippen LogP contribution is -2.52. The highest BCUT2D eigenvalue weighted by atomic mass is 16.2. The third-order valence-electron chi connectivity index (χ3n) is 6.70. The van der Waals surface area contributed by atoms with Gasteiger partial charge in [0, 0.05) is 70.9 Å². The zero-order valence-corrected chi connectivity index (χ0v) is 17.0. The molecule has 0 aliphatic carbocycles. The fourth-order valence-corrected chi connectivity index (χ4v) is 4.97.